The SMILES string of the molecule is O=C(c1ccco1)N(CC1CN(Cc2ccc(F)cc2)CCO1)C1CCCC1. The van der Waals surface area contributed by atoms with Crippen molar-refractivity contribution in [2.75, 3.05) is 26.2 Å². The number of carbonyl (C=O) groups is 1. The third-order valence-electron chi connectivity index (χ3n) is 5.70. The first-order chi connectivity index (χ1) is 13.7. The predicted octanol–water partition coefficient (Wildman–Crippen LogP) is 3.70. The van der Waals surface area contributed by atoms with Crippen LogP contribution in [0.4, 0.5) is 4.39 Å². The van der Waals surface area contributed by atoms with Gasteiger partial charge in [-0.3, -0.25) is 9.69 Å². The molecular formula is C22H27FN2O3. The van der Waals surface area contributed by atoms with Crippen LogP contribution in [0, 0.1) is 5.82 Å². The third-order valence-corrected chi connectivity index (χ3v) is 5.70. The zero-order valence-electron chi connectivity index (χ0n) is 16.1. The number of carbonyl (C=O) groups excluding carboxylic acids is 1. The van der Waals surface area contributed by atoms with Gasteiger partial charge in [-0.25, -0.2) is 4.39 Å². The van der Waals surface area contributed by atoms with Crippen molar-refractivity contribution in [2.45, 2.75) is 44.4 Å². The molecule has 0 bridgehead atoms. The molecule has 1 aliphatic heterocycles. The van der Waals surface area contributed by atoms with Crippen molar-refractivity contribution < 1.29 is 18.3 Å². The molecule has 1 unspecified atom stereocenters. The summed E-state index contributed by atoms with van der Waals surface area (Å²) in [6.45, 7) is 3.56. The van der Waals surface area contributed by atoms with Crippen LogP contribution in [0.25, 0.3) is 0 Å². The lowest BCUT2D eigenvalue weighted by Crippen LogP contribution is -2.50. The molecular weight excluding hydrogens is 359 g/mol. The number of morpholine rings is 1. The number of halogens is 1. The molecule has 0 radical (unpaired) electrons. The van der Waals surface area contributed by atoms with Gasteiger partial charge < -0.3 is 14.1 Å². The normalized spacial score (nSPS) is 21.1. The summed E-state index contributed by atoms with van der Waals surface area (Å²) in [4.78, 5) is 17.3. The van der Waals surface area contributed by atoms with E-state index in [4.69, 9.17) is 9.15 Å². The zero-order chi connectivity index (χ0) is 19.3. The fraction of sp³-hybridized carbons (Fsp3) is 0.500. The average molecular weight is 386 g/mol. The molecule has 6 heteroatoms. The van der Waals surface area contributed by atoms with Gasteiger partial charge in [0.1, 0.15) is 5.82 Å². The summed E-state index contributed by atoms with van der Waals surface area (Å²) in [5.74, 6) is 0.134. The Bertz CT molecular complexity index is 757. The van der Waals surface area contributed by atoms with E-state index in [2.05, 4.69) is 4.90 Å². The Balaban J connectivity index is 1.41. The molecule has 1 amide bonds. The summed E-state index contributed by atoms with van der Waals surface area (Å²) in [6, 6.07) is 10.4. The second-order valence-corrected chi connectivity index (χ2v) is 7.73. The molecule has 1 aliphatic carbocycles. The zero-order valence-corrected chi connectivity index (χ0v) is 16.1. The highest BCUT2D eigenvalue weighted by atomic mass is 19.1. The summed E-state index contributed by atoms with van der Waals surface area (Å²) in [5.41, 5.74) is 1.08. The number of ether oxygens (including phenoxy) is 1. The molecule has 28 heavy (non-hydrogen) atoms. The highest BCUT2D eigenvalue weighted by Gasteiger charge is 2.32. The minimum absolute atomic E-state index is 0.0336. The van der Waals surface area contributed by atoms with Crippen molar-refractivity contribution in [3.63, 3.8) is 0 Å². The number of hydrogen-bond acceptors (Lipinski definition) is 4. The van der Waals surface area contributed by atoms with Crippen LogP contribution in [0.2, 0.25) is 0 Å². The van der Waals surface area contributed by atoms with Gasteiger partial charge in [-0.2, -0.15) is 0 Å². The van der Waals surface area contributed by atoms with Crippen molar-refractivity contribution in [1.29, 1.82) is 0 Å². The molecule has 1 aromatic heterocycles. The Morgan fingerprint density at radius 1 is 1.18 bits per heavy atom. The van der Waals surface area contributed by atoms with Crippen molar-refractivity contribution >= 4 is 5.91 Å². The van der Waals surface area contributed by atoms with Crippen molar-refractivity contribution in [1.82, 2.24) is 9.80 Å². The van der Waals surface area contributed by atoms with E-state index >= 15 is 0 Å². The highest BCUT2D eigenvalue weighted by molar-refractivity contribution is 5.91. The number of rotatable bonds is 6. The van der Waals surface area contributed by atoms with Crippen LogP contribution < -0.4 is 0 Å². The molecule has 1 saturated carbocycles. The number of amides is 1. The number of furan rings is 1. The van der Waals surface area contributed by atoms with Gasteiger partial charge in [-0.15, -0.1) is 0 Å². The van der Waals surface area contributed by atoms with E-state index < -0.39 is 0 Å². The van der Waals surface area contributed by atoms with E-state index in [-0.39, 0.29) is 23.9 Å². The van der Waals surface area contributed by atoms with E-state index in [1.807, 2.05) is 17.0 Å². The molecule has 2 aliphatic rings. The lowest BCUT2D eigenvalue weighted by atomic mass is 10.1. The molecule has 0 N–H and O–H groups in total. The highest BCUT2D eigenvalue weighted by Crippen LogP contribution is 2.26. The summed E-state index contributed by atoms with van der Waals surface area (Å²) in [6.07, 6.45) is 5.91. The Morgan fingerprint density at radius 2 is 1.96 bits per heavy atom. The van der Waals surface area contributed by atoms with E-state index in [1.165, 1.54) is 12.1 Å². The van der Waals surface area contributed by atoms with E-state index in [9.17, 15) is 9.18 Å². The first kappa shape index (κ1) is 19.2. The Morgan fingerprint density at radius 3 is 2.68 bits per heavy atom. The smallest absolute Gasteiger partial charge is 0.289 e. The Hall–Kier alpha value is -2.18. The van der Waals surface area contributed by atoms with E-state index in [1.54, 1.807) is 18.4 Å². The second kappa shape index (κ2) is 8.88. The van der Waals surface area contributed by atoms with E-state index in [0.717, 1.165) is 50.9 Å². The van der Waals surface area contributed by atoms with Crippen LogP contribution in [-0.2, 0) is 11.3 Å². The fourth-order valence-electron chi connectivity index (χ4n) is 4.26. The molecule has 2 heterocycles. The minimum atomic E-state index is -0.216. The lowest BCUT2D eigenvalue weighted by Gasteiger charge is -2.37. The summed E-state index contributed by atoms with van der Waals surface area (Å²) < 4.78 is 24.5. The maximum Gasteiger partial charge on any atom is 0.289 e. The minimum Gasteiger partial charge on any atom is -0.459 e. The van der Waals surface area contributed by atoms with Crippen LogP contribution in [0.15, 0.2) is 47.1 Å². The number of benzene rings is 1. The number of hydrogen-bond donors (Lipinski definition) is 0. The summed E-state index contributed by atoms with van der Waals surface area (Å²) in [5, 5.41) is 0. The van der Waals surface area contributed by atoms with Crippen molar-refractivity contribution in [3.8, 4) is 0 Å². The van der Waals surface area contributed by atoms with Crippen molar-refractivity contribution in [3.05, 3.63) is 59.8 Å². The first-order valence-electron chi connectivity index (χ1n) is 10.1. The molecule has 2 fully saturated rings. The summed E-state index contributed by atoms with van der Waals surface area (Å²) in [7, 11) is 0. The Labute approximate surface area is 165 Å². The predicted molar refractivity (Wildman–Crippen MR) is 103 cm³/mol. The first-order valence-corrected chi connectivity index (χ1v) is 10.1. The van der Waals surface area contributed by atoms with Crippen molar-refractivity contribution in [2.24, 2.45) is 0 Å². The van der Waals surface area contributed by atoms with Crippen LogP contribution in [0.1, 0.15) is 41.8 Å². The standard InChI is InChI=1S/C22H27FN2O3/c23-18-9-7-17(8-10-18)14-24-11-13-27-20(15-24)16-25(19-4-1-2-5-19)22(26)21-6-3-12-28-21/h3,6-10,12,19-20H,1-2,4-5,11,13-16H2. The molecule has 1 atom stereocenters. The van der Waals surface area contributed by atoms with Gasteiger partial charge in [-0.1, -0.05) is 25.0 Å². The molecule has 150 valence electrons. The van der Waals surface area contributed by atoms with E-state index in [0.29, 0.717) is 18.9 Å². The van der Waals surface area contributed by atoms with Crippen LogP contribution >= 0.6 is 0 Å². The maximum absolute atomic E-state index is 13.1. The van der Waals surface area contributed by atoms with Gasteiger partial charge in [0.15, 0.2) is 5.76 Å². The molecule has 2 aromatic rings. The van der Waals surface area contributed by atoms with Gasteiger partial charge in [0.05, 0.1) is 19.0 Å². The largest absolute Gasteiger partial charge is 0.459 e. The lowest BCUT2D eigenvalue weighted by molar-refractivity contribution is -0.0471. The summed E-state index contributed by atoms with van der Waals surface area (Å²) >= 11 is 0. The second-order valence-electron chi connectivity index (χ2n) is 7.73. The third kappa shape index (κ3) is 4.62. The average Bonchev–Trinajstić information content (AvgIpc) is 3.42. The van der Waals surface area contributed by atoms with Gasteiger partial charge in [0.2, 0.25) is 0 Å². The van der Waals surface area contributed by atoms with Gasteiger partial charge in [0.25, 0.3) is 5.91 Å². The molecule has 4 rings (SSSR count). The quantitative estimate of drug-likeness (QED) is 0.759. The monoisotopic (exact) mass is 386 g/mol. The molecule has 5 nitrogen and oxygen atoms in total. The topological polar surface area (TPSA) is 45.9 Å². The van der Waals surface area contributed by atoms with Crippen LogP contribution in [0.3, 0.4) is 0 Å². The molecule has 0 spiro atoms. The maximum atomic E-state index is 13.1. The van der Waals surface area contributed by atoms with Gasteiger partial charge >= 0.3 is 0 Å². The Kier molecular flexibility index (Phi) is 6.07. The molecule has 1 saturated heterocycles. The fourth-order valence-corrected chi connectivity index (χ4v) is 4.26. The van der Waals surface area contributed by atoms with Crippen LogP contribution in [0.5, 0.6) is 0 Å². The van der Waals surface area contributed by atoms with Crippen LogP contribution in [-0.4, -0.2) is 54.1 Å². The van der Waals surface area contributed by atoms with Gasteiger partial charge in [0, 0.05) is 32.2 Å². The molecule has 1 aromatic carbocycles. The number of nitrogens with zero attached hydrogens (tertiary/aromatic N) is 2. The van der Waals surface area contributed by atoms with Gasteiger partial charge in [-0.05, 0) is 42.7 Å².